The van der Waals surface area contributed by atoms with Crippen molar-refractivity contribution in [1.29, 1.82) is 0 Å². The molecular weight excluding hydrogens is 460 g/mol. The number of H-pyrrole nitrogens is 1. The van der Waals surface area contributed by atoms with Gasteiger partial charge in [-0.2, -0.15) is 0 Å². The van der Waals surface area contributed by atoms with Gasteiger partial charge in [-0.3, -0.25) is 0 Å². The van der Waals surface area contributed by atoms with E-state index in [0.29, 0.717) is 17.2 Å². The van der Waals surface area contributed by atoms with Gasteiger partial charge in [0.05, 0.1) is 5.52 Å². The number of rotatable bonds is 3. The molecule has 7 N–H and O–H groups in total. The molecule has 0 radical (unpaired) electrons. The fourth-order valence-corrected chi connectivity index (χ4v) is 3.94. The summed E-state index contributed by atoms with van der Waals surface area (Å²) < 4.78 is 11.4. The molecule has 2 fully saturated rings. The predicted octanol–water partition coefficient (Wildman–Crippen LogP) is 1.48. The number of aromatic nitrogens is 1. The number of nitrogens with one attached hydrogen (secondary N) is 1. The number of carboxylic acid groups (broad SMARTS) is 1. The highest BCUT2D eigenvalue weighted by molar-refractivity contribution is 9.10. The van der Waals surface area contributed by atoms with Gasteiger partial charge < -0.3 is 40.6 Å². The number of hydrogen-bond acceptors (Lipinski definition) is 7. The number of aliphatic carboxylic acids is 1. The van der Waals surface area contributed by atoms with Gasteiger partial charge in [0.15, 0.2) is 6.10 Å². The van der Waals surface area contributed by atoms with Crippen LogP contribution in [0.1, 0.15) is 32.1 Å². The molecule has 0 bridgehead atoms. The largest absolute Gasteiger partial charge is 0.479 e. The Morgan fingerprint density at radius 2 is 1.83 bits per heavy atom. The monoisotopic (exact) mass is 486 g/mol. The van der Waals surface area contributed by atoms with Gasteiger partial charge in [-0.1, -0.05) is 35.2 Å². The van der Waals surface area contributed by atoms with Crippen molar-refractivity contribution in [2.75, 3.05) is 0 Å². The van der Waals surface area contributed by atoms with E-state index in [4.69, 9.17) is 20.3 Å². The molecule has 30 heavy (non-hydrogen) atoms. The molecule has 1 saturated carbocycles. The first-order chi connectivity index (χ1) is 14.3. The van der Waals surface area contributed by atoms with Gasteiger partial charge >= 0.3 is 5.97 Å². The molecule has 1 saturated heterocycles. The van der Waals surface area contributed by atoms with Crippen LogP contribution in [0.5, 0.6) is 5.75 Å². The van der Waals surface area contributed by atoms with Crippen LogP contribution in [0.15, 0.2) is 28.9 Å². The molecule has 1 aromatic heterocycles. The number of carbonyl (C=O) groups is 1. The summed E-state index contributed by atoms with van der Waals surface area (Å²) in [5.41, 5.74) is 6.39. The van der Waals surface area contributed by atoms with Crippen molar-refractivity contribution < 1.29 is 34.7 Å². The van der Waals surface area contributed by atoms with E-state index in [0.717, 1.165) is 9.99 Å². The van der Waals surface area contributed by atoms with Crippen LogP contribution >= 0.6 is 15.9 Å². The van der Waals surface area contributed by atoms with E-state index < -0.39 is 36.7 Å². The van der Waals surface area contributed by atoms with Gasteiger partial charge in [-0.15, -0.1) is 0 Å². The predicted molar refractivity (Wildman–Crippen MR) is 112 cm³/mol. The van der Waals surface area contributed by atoms with Crippen LogP contribution < -0.4 is 10.5 Å². The van der Waals surface area contributed by atoms with Crippen LogP contribution in [-0.2, 0) is 9.53 Å². The molecule has 0 unspecified atom stereocenters. The highest BCUT2D eigenvalue weighted by atomic mass is 79.9. The van der Waals surface area contributed by atoms with E-state index in [-0.39, 0.29) is 0 Å². The number of ether oxygens (including phenoxy) is 2. The number of aliphatic hydroxyl groups is 3. The van der Waals surface area contributed by atoms with Gasteiger partial charge in [0.1, 0.15) is 24.1 Å². The summed E-state index contributed by atoms with van der Waals surface area (Å²) in [6.45, 7) is 0. The molecular formula is C20H27BrN2O7. The molecule has 5 atom stereocenters. The van der Waals surface area contributed by atoms with Crippen LogP contribution in [0.25, 0.3) is 10.9 Å². The maximum absolute atomic E-state index is 11.1. The first-order valence-corrected chi connectivity index (χ1v) is 10.7. The summed E-state index contributed by atoms with van der Waals surface area (Å²) in [6.07, 6.45) is 0.0162. The molecule has 2 aromatic rings. The normalized spacial score (nSPS) is 29.8. The quantitative estimate of drug-likeness (QED) is 0.380. The van der Waals surface area contributed by atoms with Crippen LogP contribution in [0.2, 0.25) is 0 Å². The van der Waals surface area contributed by atoms with Gasteiger partial charge in [0.2, 0.25) is 6.29 Å². The molecule has 4 rings (SSSR count). The van der Waals surface area contributed by atoms with Crippen molar-refractivity contribution in [2.45, 2.75) is 68.9 Å². The van der Waals surface area contributed by atoms with Crippen LogP contribution in [-0.4, -0.2) is 68.1 Å². The minimum absolute atomic E-state index is 0.323. The number of halogens is 1. The zero-order chi connectivity index (χ0) is 21.8. The highest BCUT2D eigenvalue weighted by Crippen LogP contribution is 2.31. The number of benzene rings is 1. The van der Waals surface area contributed by atoms with Crippen molar-refractivity contribution in [2.24, 2.45) is 5.73 Å². The van der Waals surface area contributed by atoms with Crippen molar-refractivity contribution in [3.63, 3.8) is 0 Å². The van der Waals surface area contributed by atoms with E-state index in [1.807, 2.05) is 6.07 Å². The fourth-order valence-electron chi connectivity index (χ4n) is 3.58. The number of nitrogens with two attached hydrogens (primary N) is 1. The molecule has 2 heterocycles. The SMILES string of the molecule is NC1CCCCC1.O=C(O)[C@H]1O[C@@H](Oc2c[nH]c3cc(Br)ccc23)[C@H](O)[C@@H](O)[C@@H]1O. The van der Waals surface area contributed by atoms with E-state index in [1.165, 1.54) is 38.3 Å². The molecule has 1 aromatic carbocycles. The average molecular weight is 487 g/mol. The number of carboxylic acids is 1. The van der Waals surface area contributed by atoms with Gasteiger partial charge in [-0.05, 0) is 31.0 Å². The second-order valence-electron chi connectivity index (χ2n) is 7.59. The summed E-state index contributed by atoms with van der Waals surface area (Å²) in [4.78, 5) is 14.0. The number of hydrogen-bond donors (Lipinski definition) is 6. The smallest absolute Gasteiger partial charge is 0.335 e. The lowest BCUT2D eigenvalue weighted by atomic mass is 9.97. The lowest BCUT2D eigenvalue weighted by Gasteiger charge is -2.38. The van der Waals surface area contributed by atoms with Crippen LogP contribution in [0.4, 0.5) is 0 Å². The summed E-state index contributed by atoms with van der Waals surface area (Å²) in [5.74, 6) is -1.14. The zero-order valence-electron chi connectivity index (χ0n) is 16.3. The first-order valence-electron chi connectivity index (χ1n) is 9.89. The number of fused-ring (bicyclic) bond motifs is 1. The van der Waals surface area contributed by atoms with E-state index >= 15 is 0 Å². The van der Waals surface area contributed by atoms with E-state index in [1.54, 1.807) is 12.1 Å². The Kier molecular flexibility index (Phi) is 7.72. The zero-order valence-corrected chi connectivity index (χ0v) is 17.9. The lowest BCUT2D eigenvalue weighted by molar-refractivity contribution is -0.270. The Bertz CT molecular complexity index is 855. The Morgan fingerprint density at radius 3 is 2.43 bits per heavy atom. The van der Waals surface area contributed by atoms with Crippen molar-refractivity contribution >= 4 is 32.8 Å². The molecule has 0 amide bonds. The molecule has 1 aliphatic heterocycles. The molecule has 1 aliphatic carbocycles. The lowest BCUT2D eigenvalue weighted by Crippen LogP contribution is -2.61. The van der Waals surface area contributed by atoms with Gasteiger partial charge in [-0.25, -0.2) is 4.79 Å². The first kappa shape index (κ1) is 23.0. The molecule has 10 heteroatoms. The molecule has 2 aliphatic rings. The van der Waals surface area contributed by atoms with Crippen molar-refractivity contribution in [3.05, 3.63) is 28.9 Å². The Labute approximate surface area is 181 Å². The molecule has 9 nitrogen and oxygen atoms in total. The summed E-state index contributed by atoms with van der Waals surface area (Å²) in [5, 5.41) is 39.1. The second kappa shape index (κ2) is 10.1. The van der Waals surface area contributed by atoms with Crippen LogP contribution in [0.3, 0.4) is 0 Å². The second-order valence-corrected chi connectivity index (χ2v) is 8.51. The third-order valence-corrected chi connectivity index (χ3v) is 5.81. The Balaban J connectivity index is 0.000000310. The summed E-state index contributed by atoms with van der Waals surface area (Å²) in [6, 6.07) is 5.91. The van der Waals surface area contributed by atoms with Gasteiger partial charge in [0.25, 0.3) is 0 Å². The van der Waals surface area contributed by atoms with Gasteiger partial charge in [0, 0.05) is 22.1 Å². The molecule has 166 valence electrons. The van der Waals surface area contributed by atoms with E-state index in [9.17, 15) is 20.1 Å². The maximum Gasteiger partial charge on any atom is 0.335 e. The minimum Gasteiger partial charge on any atom is -0.479 e. The topological polar surface area (TPSA) is 158 Å². The Morgan fingerprint density at radius 1 is 1.13 bits per heavy atom. The fraction of sp³-hybridized carbons (Fsp3) is 0.550. The van der Waals surface area contributed by atoms with Crippen molar-refractivity contribution in [1.82, 2.24) is 4.98 Å². The number of aliphatic hydroxyl groups excluding tert-OH is 3. The average Bonchev–Trinajstić information content (AvgIpc) is 3.11. The number of aromatic amines is 1. The highest BCUT2D eigenvalue weighted by Gasteiger charge is 2.48. The third-order valence-electron chi connectivity index (χ3n) is 5.31. The Hall–Kier alpha value is -1.69. The van der Waals surface area contributed by atoms with Crippen LogP contribution in [0, 0.1) is 0 Å². The standard InChI is InChI=1S/C14H14BrNO7.C6H13N/c15-5-1-2-6-7(3-5)16-4-8(6)22-14-11(19)9(17)10(18)12(23-14)13(20)21;7-6-4-2-1-3-5-6/h1-4,9-12,14,16-19H,(H,20,21);6H,1-5,7H2/t9-,10-,11+,12-,14+;/m0./s1. The van der Waals surface area contributed by atoms with E-state index in [2.05, 4.69) is 20.9 Å². The minimum atomic E-state index is -1.75. The summed E-state index contributed by atoms with van der Waals surface area (Å²) in [7, 11) is 0. The third kappa shape index (κ3) is 5.32. The summed E-state index contributed by atoms with van der Waals surface area (Å²) >= 11 is 3.34. The maximum atomic E-state index is 11.1. The van der Waals surface area contributed by atoms with Crippen molar-refractivity contribution in [3.8, 4) is 5.75 Å². The molecule has 0 spiro atoms.